The molecule has 1 atom stereocenters. The summed E-state index contributed by atoms with van der Waals surface area (Å²) in [6.07, 6.45) is 2.07. The Hall–Kier alpha value is -2.31. The first-order chi connectivity index (χ1) is 13.7. The summed E-state index contributed by atoms with van der Waals surface area (Å²) in [5, 5.41) is 0. The van der Waals surface area contributed by atoms with E-state index < -0.39 is 0 Å². The second kappa shape index (κ2) is 8.37. The number of carbonyl (C=O) groups is 1. The second-order valence-electron chi connectivity index (χ2n) is 7.31. The largest absolute Gasteiger partial charge is 0.332 e. The van der Waals surface area contributed by atoms with Crippen LogP contribution in [-0.2, 0) is 17.1 Å². The average molecular weight is 395 g/mol. The number of benzene rings is 2. The lowest BCUT2D eigenvalue weighted by Gasteiger charge is -2.40. The van der Waals surface area contributed by atoms with Crippen molar-refractivity contribution in [1.29, 1.82) is 0 Å². The zero-order valence-electron chi connectivity index (χ0n) is 16.4. The molecule has 1 aliphatic rings. The molecule has 1 amide bonds. The number of nitrogens with zero attached hydrogens (tertiary/aromatic N) is 4. The standard InChI is InChI=1S/C22H26N4OS/c1-24-12-13-25(20(14-24)17-8-4-3-5-9-17)22(27)15-26-19-11-7-6-10-18(19)23-21(26)16-28-2/h3-11,20H,12-16H2,1-2H3. The third-order valence-corrected chi connectivity index (χ3v) is 5.94. The first-order valence-electron chi connectivity index (χ1n) is 9.63. The number of para-hydroxylation sites is 2. The highest BCUT2D eigenvalue weighted by molar-refractivity contribution is 7.97. The molecule has 1 saturated heterocycles. The Kier molecular flexibility index (Phi) is 5.69. The van der Waals surface area contributed by atoms with Gasteiger partial charge in [-0.25, -0.2) is 4.98 Å². The van der Waals surface area contributed by atoms with Gasteiger partial charge in [0.2, 0.25) is 5.91 Å². The van der Waals surface area contributed by atoms with Crippen molar-refractivity contribution in [3.05, 3.63) is 66.0 Å². The van der Waals surface area contributed by atoms with Crippen LogP contribution in [0.25, 0.3) is 11.0 Å². The number of carbonyl (C=O) groups excluding carboxylic acids is 1. The van der Waals surface area contributed by atoms with Gasteiger partial charge in [-0.1, -0.05) is 42.5 Å². The maximum Gasteiger partial charge on any atom is 0.243 e. The molecule has 146 valence electrons. The molecule has 4 rings (SSSR count). The Morgan fingerprint density at radius 3 is 2.64 bits per heavy atom. The van der Waals surface area contributed by atoms with Crippen LogP contribution in [0.4, 0.5) is 0 Å². The molecule has 1 aliphatic heterocycles. The summed E-state index contributed by atoms with van der Waals surface area (Å²) in [5.41, 5.74) is 3.19. The summed E-state index contributed by atoms with van der Waals surface area (Å²) in [6, 6.07) is 18.5. The van der Waals surface area contributed by atoms with Crippen molar-refractivity contribution in [2.24, 2.45) is 0 Å². The third kappa shape index (κ3) is 3.80. The average Bonchev–Trinajstić information content (AvgIpc) is 3.06. The number of fused-ring (bicyclic) bond motifs is 1. The first kappa shape index (κ1) is 19.0. The molecule has 5 nitrogen and oxygen atoms in total. The minimum atomic E-state index is 0.0891. The Balaban J connectivity index is 1.64. The molecule has 6 heteroatoms. The molecule has 1 fully saturated rings. The highest BCUT2D eigenvalue weighted by Gasteiger charge is 2.30. The fraction of sp³-hybridized carbons (Fsp3) is 0.364. The second-order valence-corrected chi connectivity index (χ2v) is 8.18. The van der Waals surface area contributed by atoms with Gasteiger partial charge in [-0.05, 0) is 31.0 Å². The first-order valence-corrected chi connectivity index (χ1v) is 11.0. The van der Waals surface area contributed by atoms with Crippen molar-refractivity contribution in [2.75, 3.05) is 32.9 Å². The molecule has 2 aromatic carbocycles. The maximum atomic E-state index is 13.4. The number of thioether (sulfide) groups is 1. The summed E-state index contributed by atoms with van der Waals surface area (Å²) in [7, 11) is 2.12. The zero-order chi connectivity index (χ0) is 19.5. The van der Waals surface area contributed by atoms with Crippen LogP contribution in [0.3, 0.4) is 0 Å². The number of imidazole rings is 1. The summed E-state index contributed by atoms with van der Waals surface area (Å²) < 4.78 is 2.09. The van der Waals surface area contributed by atoms with E-state index in [1.54, 1.807) is 11.8 Å². The van der Waals surface area contributed by atoms with Crippen molar-refractivity contribution in [2.45, 2.75) is 18.3 Å². The number of aromatic nitrogens is 2. The van der Waals surface area contributed by atoms with Crippen LogP contribution in [0, 0.1) is 0 Å². The normalized spacial score (nSPS) is 17.9. The van der Waals surface area contributed by atoms with Gasteiger partial charge < -0.3 is 14.4 Å². The quantitative estimate of drug-likeness (QED) is 0.665. The molecule has 1 aromatic heterocycles. The molecule has 1 unspecified atom stereocenters. The van der Waals surface area contributed by atoms with E-state index in [1.807, 2.05) is 41.3 Å². The van der Waals surface area contributed by atoms with E-state index in [-0.39, 0.29) is 11.9 Å². The highest BCUT2D eigenvalue weighted by Crippen LogP contribution is 2.26. The number of piperazine rings is 1. The van der Waals surface area contributed by atoms with Gasteiger partial charge in [0.05, 0.1) is 22.8 Å². The smallest absolute Gasteiger partial charge is 0.243 e. The predicted molar refractivity (Wildman–Crippen MR) is 115 cm³/mol. The number of hydrogen-bond acceptors (Lipinski definition) is 4. The van der Waals surface area contributed by atoms with Crippen LogP contribution in [0.5, 0.6) is 0 Å². The molecular formula is C22H26N4OS. The molecule has 0 N–H and O–H groups in total. The Labute approximate surface area is 170 Å². The minimum Gasteiger partial charge on any atom is -0.332 e. The van der Waals surface area contributed by atoms with Crippen molar-refractivity contribution >= 4 is 28.7 Å². The summed E-state index contributed by atoms with van der Waals surface area (Å²) >= 11 is 1.73. The molecule has 0 saturated carbocycles. The summed E-state index contributed by atoms with van der Waals surface area (Å²) in [6.45, 7) is 2.85. The molecule has 0 bridgehead atoms. The third-order valence-electron chi connectivity index (χ3n) is 5.39. The van der Waals surface area contributed by atoms with E-state index in [2.05, 4.69) is 41.0 Å². The maximum absolute atomic E-state index is 13.4. The van der Waals surface area contributed by atoms with E-state index in [0.717, 1.165) is 42.2 Å². The lowest BCUT2D eigenvalue weighted by atomic mass is 10.0. The number of rotatable bonds is 5. The topological polar surface area (TPSA) is 41.4 Å². The monoisotopic (exact) mass is 394 g/mol. The molecule has 28 heavy (non-hydrogen) atoms. The molecule has 2 heterocycles. The molecule has 0 radical (unpaired) electrons. The van der Waals surface area contributed by atoms with Gasteiger partial charge in [-0.2, -0.15) is 11.8 Å². The van der Waals surface area contributed by atoms with E-state index >= 15 is 0 Å². The highest BCUT2D eigenvalue weighted by atomic mass is 32.2. The van der Waals surface area contributed by atoms with Crippen LogP contribution < -0.4 is 0 Å². The lowest BCUT2D eigenvalue weighted by Crippen LogP contribution is -2.50. The Bertz CT molecular complexity index is 956. The lowest BCUT2D eigenvalue weighted by molar-refractivity contribution is -0.136. The SMILES string of the molecule is CSCc1nc2ccccc2n1CC(=O)N1CCN(C)CC1c1ccccc1. The van der Waals surface area contributed by atoms with Crippen LogP contribution in [0.1, 0.15) is 17.4 Å². The van der Waals surface area contributed by atoms with E-state index in [4.69, 9.17) is 4.98 Å². The minimum absolute atomic E-state index is 0.0891. The van der Waals surface area contributed by atoms with Crippen molar-refractivity contribution in [1.82, 2.24) is 19.4 Å². The van der Waals surface area contributed by atoms with E-state index in [9.17, 15) is 4.79 Å². The van der Waals surface area contributed by atoms with Gasteiger partial charge in [0.25, 0.3) is 0 Å². The van der Waals surface area contributed by atoms with Crippen LogP contribution in [-0.4, -0.2) is 58.2 Å². The fourth-order valence-corrected chi connectivity index (χ4v) is 4.42. The molecule has 0 spiro atoms. The van der Waals surface area contributed by atoms with Gasteiger partial charge in [0.1, 0.15) is 12.4 Å². The Morgan fingerprint density at radius 1 is 1.11 bits per heavy atom. The molecular weight excluding hydrogens is 368 g/mol. The van der Waals surface area contributed by atoms with E-state index in [1.165, 1.54) is 5.56 Å². The van der Waals surface area contributed by atoms with Crippen LogP contribution in [0.2, 0.25) is 0 Å². The van der Waals surface area contributed by atoms with Crippen LogP contribution >= 0.6 is 11.8 Å². The predicted octanol–water partition coefficient (Wildman–Crippen LogP) is 3.41. The number of likely N-dealkylation sites (N-methyl/N-ethyl adjacent to an activating group) is 1. The van der Waals surface area contributed by atoms with E-state index in [0.29, 0.717) is 6.54 Å². The zero-order valence-corrected chi connectivity index (χ0v) is 17.2. The molecule has 3 aromatic rings. The van der Waals surface area contributed by atoms with Crippen molar-refractivity contribution in [3.8, 4) is 0 Å². The summed E-state index contributed by atoms with van der Waals surface area (Å²) in [5.74, 6) is 1.92. The van der Waals surface area contributed by atoms with Gasteiger partial charge in [0.15, 0.2) is 0 Å². The van der Waals surface area contributed by atoms with Gasteiger partial charge >= 0.3 is 0 Å². The number of amides is 1. The van der Waals surface area contributed by atoms with Gasteiger partial charge in [0, 0.05) is 19.6 Å². The van der Waals surface area contributed by atoms with Crippen molar-refractivity contribution in [3.63, 3.8) is 0 Å². The fourth-order valence-electron chi connectivity index (χ4n) is 3.95. The van der Waals surface area contributed by atoms with Gasteiger partial charge in [-0.15, -0.1) is 0 Å². The van der Waals surface area contributed by atoms with Crippen LogP contribution in [0.15, 0.2) is 54.6 Å². The Morgan fingerprint density at radius 2 is 1.86 bits per heavy atom. The molecule has 0 aliphatic carbocycles. The van der Waals surface area contributed by atoms with Gasteiger partial charge in [-0.3, -0.25) is 4.79 Å². The summed E-state index contributed by atoms with van der Waals surface area (Å²) in [4.78, 5) is 22.5. The van der Waals surface area contributed by atoms with Crippen molar-refractivity contribution < 1.29 is 4.79 Å². The number of hydrogen-bond donors (Lipinski definition) is 0.